The summed E-state index contributed by atoms with van der Waals surface area (Å²) < 4.78 is 16.3. The van der Waals surface area contributed by atoms with Crippen molar-refractivity contribution in [2.45, 2.75) is 64.9 Å². The summed E-state index contributed by atoms with van der Waals surface area (Å²) in [4.78, 5) is 24.1. The second-order valence-electron chi connectivity index (χ2n) is 10.6. The molecule has 6 nitrogen and oxygen atoms in total. The molecule has 1 atom stereocenters. The molecule has 0 saturated carbocycles. The SMILES string of the molecule is CC(C)=C1CC(CO)(COC(=O)CCCOc2ccc(C#Cc3ccc(C(C)(C)C)cc3)cc2)OC1=O. The van der Waals surface area contributed by atoms with Gasteiger partial charge < -0.3 is 19.3 Å². The van der Waals surface area contributed by atoms with Crippen molar-refractivity contribution in [2.75, 3.05) is 19.8 Å². The molecule has 0 radical (unpaired) electrons. The maximum Gasteiger partial charge on any atom is 0.334 e. The summed E-state index contributed by atoms with van der Waals surface area (Å²) in [6, 6.07) is 15.8. The van der Waals surface area contributed by atoms with Crippen LogP contribution in [0.15, 0.2) is 59.7 Å². The van der Waals surface area contributed by atoms with E-state index in [0.29, 0.717) is 24.4 Å². The Labute approximate surface area is 219 Å². The van der Waals surface area contributed by atoms with Crippen LogP contribution in [0.2, 0.25) is 0 Å². The van der Waals surface area contributed by atoms with Gasteiger partial charge in [0, 0.05) is 29.5 Å². The van der Waals surface area contributed by atoms with Crippen molar-refractivity contribution in [3.63, 3.8) is 0 Å². The van der Waals surface area contributed by atoms with Gasteiger partial charge in [-0.15, -0.1) is 0 Å². The number of cyclic esters (lactones) is 1. The van der Waals surface area contributed by atoms with Crippen LogP contribution in [0.5, 0.6) is 5.75 Å². The van der Waals surface area contributed by atoms with Gasteiger partial charge in [0.2, 0.25) is 0 Å². The summed E-state index contributed by atoms with van der Waals surface area (Å²) in [6.07, 6.45) is 0.851. The lowest BCUT2D eigenvalue weighted by molar-refractivity contribution is -0.166. The molecule has 37 heavy (non-hydrogen) atoms. The van der Waals surface area contributed by atoms with Gasteiger partial charge in [-0.1, -0.05) is 50.3 Å². The normalized spacial score (nSPS) is 17.0. The fraction of sp³-hybridized carbons (Fsp3) is 0.419. The van der Waals surface area contributed by atoms with Gasteiger partial charge in [-0.3, -0.25) is 4.79 Å². The highest BCUT2D eigenvalue weighted by Gasteiger charge is 2.45. The quantitative estimate of drug-likeness (QED) is 0.233. The molecule has 1 aliphatic rings. The van der Waals surface area contributed by atoms with Crippen LogP contribution in [0, 0.1) is 11.8 Å². The first-order valence-corrected chi connectivity index (χ1v) is 12.5. The zero-order valence-corrected chi connectivity index (χ0v) is 22.3. The lowest BCUT2D eigenvalue weighted by Gasteiger charge is -2.24. The van der Waals surface area contributed by atoms with Gasteiger partial charge in [0.25, 0.3) is 0 Å². The Hall–Kier alpha value is -3.56. The summed E-state index contributed by atoms with van der Waals surface area (Å²) in [5.41, 5.74) is 3.40. The molecule has 0 amide bonds. The first-order chi connectivity index (χ1) is 17.5. The number of ether oxygens (including phenoxy) is 3. The molecule has 1 N–H and O–H groups in total. The van der Waals surface area contributed by atoms with Crippen molar-refractivity contribution in [1.82, 2.24) is 0 Å². The fourth-order valence-corrected chi connectivity index (χ4v) is 3.81. The Morgan fingerprint density at radius 2 is 1.62 bits per heavy atom. The predicted molar refractivity (Wildman–Crippen MR) is 142 cm³/mol. The van der Waals surface area contributed by atoms with Crippen LogP contribution in [-0.2, 0) is 24.5 Å². The lowest BCUT2D eigenvalue weighted by Crippen LogP contribution is -2.39. The molecule has 196 valence electrons. The standard InChI is InChI=1S/C31H36O6/c1-22(2)27-19-31(20-32,37-29(27)34)21-36-28(33)7-6-18-35-26-16-12-24(13-17-26)9-8-23-10-14-25(15-11-23)30(3,4)5/h10-17,32H,6-7,18-21H2,1-5H3. The number of hydrogen-bond donors (Lipinski definition) is 1. The minimum absolute atomic E-state index is 0.118. The summed E-state index contributed by atoms with van der Waals surface area (Å²) >= 11 is 0. The highest BCUT2D eigenvalue weighted by molar-refractivity contribution is 5.92. The molecule has 1 heterocycles. The third-order valence-electron chi connectivity index (χ3n) is 6.19. The zero-order valence-electron chi connectivity index (χ0n) is 22.3. The van der Waals surface area contributed by atoms with E-state index in [0.717, 1.165) is 16.7 Å². The zero-order chi connectivity index (χ0) is 27.1. The number of benzene rings is 2. The minimum atomic E-state index is -1.20. The molecule has 2 aromatic rings. The second kappa shape index (κ2) is 12.1. The van der Waals surface area contributed by atoms with E-state index in [1.165, 1.54) is 5.56 Å². The van der Waals surface area contributed by atoms with Crippen molar-refractivity contribution in [2.24, 2.45) is 0 Å². The molecule has 0 aromatic heterocycles. The molecule has 0 spiro atoms. The smallest absolute Gasteiger partial charge is 0.334 e. The maximum absolute atomic E-state index is 12.1. The van der Waals surface area contributed by atoms with Crippen molar-refractivity contribution < 1.29 is 28.9 Å². The third kappa shape index (κ3) is 7.96. The van der Waals surface area contributed by atoms with Gasteiger partial charge in [-0.25, -0.2) is 4.79 Å². The van der Waals surface area contributed by atoms with Crippen molar-refractivity contribution in [3.05, 3.63) is 76.4 Å². The molecule has 3 rings (SSSR count). The monoisotopic (exact) mass is 504 g/mol. The second-order valence-corrected chi connectivity index (χ2v) is 10.6. The molecule has 1 saturated heterocycles. The molecular weight excluding hydrogens is 468 g/mol. The molecule has 1 fully saturated rings. The highest BCUT2D eigenvalue weighted by atomic mass is 16.6. The average molecular weight is 505 g/mol. The first kappa shape index (κ1) is 28.0. The number of carbonyl (C=O) groups excluding carboxylic acids is 2. The average Bonchev–Trinajstić information content (AvgIpc) is 3.22. The van der Waals surface area contributed by atoms with E-state index in [9.17, 15) is 14.7 Å². The fourth-order valence-electron chi connectivity index (χ4n) is 3.81. The number of aliphatic hydroxyl groups is 1. The highest BCUT2D eigenvalue weighted by Crippen LogP contribution is 2.33. The van der Waals surface area contributed by atoms with Crippen LogP contribution in [0.25, 0.3) is 0 Å². The summed E-state index contributed by atoms with van der Waals surface area (Å²) in [6.45, 7) is 9.95. The van der Waals surface area contributed by atoms with Gasteiger partial charge in [-0.2, -0.15) is 0 Å². The number of allylic oxidation sites excluding steroid dienone is 1. The Morgan fingerprint density at radius 1 is 1.03 bits per heavy atom. The Morgan fingerprint density at radius 3 is 2.14 bits per heavy atom. The predicted octanol–water partition coefficient (Wildman–Crippen LogP) is 5.10. The van der Waals surface area contributed by atoms with E-state index >= 15 is 0 Å². The summed E-state index contributed by atoms with van der Waals surface area (Å²) in [7, 11) is 0. The molecule has 0 bridgehead atoms. The number of rotatable bonds is 8. The van der Waals surface area contributed by atoms with Gasteiger partial charge in [0.05, 0.1) is 13.2 Å². The number of carbonyl (C=O) groups is 2. The van der Waals surface area contributed by atoms with Crippen LogP contribution in [-0.4, -0.2) is 42.5 Å². The van der Waals surface area contributed by atoms with Crippen molar-refractivity contribution in [3.8, 4) is 17.6 Å². The molecule has 2 aromatic carbocycles. The minimum Gasteiger partial charge on any atom is -0.494 e. The van der Waals surface area contributed by atoms with Crippen LogP contribution < -0.4 is 4.74 Å². The van der Waals surface area contributed by atoms with E-state index in [1.54, 1.807) is 0 Å². The van der Waals surface area contributed by atoms with Crippen molar-refractivity contribution in [1.29, 1.82) is 0 Å². The molecular formula is C31H36O6. The van der Waals surface area contributed by atoms with E-state index in [2.05, 4.69) is 44.7 Å². The van der Waals surface area contributed by atoms with Gasteiger partial charge in [0.15, 0.2) is 5.60 Å². The maximum atomic E-state index is 12.1. The number of esters is 2. The van der Waals surface area contributed by atoms with Crippen LogP contribution >= 0.6 is 0 Å². The molecule has 1 aliphatic heterocycles. The topological polar surface area (TPSA) is 82.1 Å². The van der Waals surface area contributed by atoms with Crippen LogP contribution in [0.1, 0.15) is 70.6 Å². The van der Waals surface area contributed by atoms with E-state index in [4.69, 9.17) is 14.2 Å². The first-order valence-electron chi connectivity index (χ1n) is 12.5. The third-order valence-corrected chi connectivity index (χ3v) is 6.19. The largest absolute Gasteiger partial charge is 0.494 e. The summed E-state index contributed by atoms with van der Waals surface area (Å²) in [5, 5.41) is 9.72. The Bertz CT molecular complexity index is 1190. The van der Waals surface area contributed by atoms with Crippen LogP contribution in [0.4, 0.5) is 0 Å². The summed E-state index contributed by atoms with van der Waals surface area (Å²) in [5.74, 6) is 6.15. The van der Waals surface area contributed by atoms with E-state index in [-0.39, 0.29) is 24.9 Å². The molecule has 0 aliphatic carbocycles. The number of aliphatic hydroxyl groups excluding tert-OH is 1. The van der Waals surface area contributed by atoms with Gasteiger partial charge >= 0.3 is 11.9 Å². The van der Waals surface area contributed by atoms with Gasteiger partial charge in [0.1, 0.15) is 12.4 Å². The Balaban J connectivity index is 1.40. The number of hydrogen-bond acceptors (Lipinski definition) is 6. The van der Waals surface area contributed by atoms with Crippen LogP contribution in [0.3, 0.4) is 0 Å². The van der Waals surface area contributed by atoms with Crippen molar-refractivity contribution >= 4 is 11.9 Å². The van der Waals surface area contributed by atoms with E-state index < -0.39 is 24.1 Å². The lowest BCUT2D eigenvalue weighted by atomic mass is 9.87. The van der Waals surface area contributed by atoms with Gasteiger partial charge in [-0.05, 0) is 67.6 Å². The molecule has 6 heteroatoms. The van der Waals surface area contributed by atoms with E-state index in [1.807, 2.05) is 50.2 Å². The Kier molecular flexibility index (Phi) is 9.18. The molecule has 1 unspecified atom stereocenters.